The number of carboxylic acid groups (broad SMARTS) is 1. The van der Waals surface area contributed by atoms with E-state index in [1.807, 2.05) is 12.1 Å². The highest BCUT2D eigenvalue weighted by Crippen LogP contribution is 2.46. The van der Waals surface area contributed by atoms with Gasteiger partial charge in [0, 0.05) is 11.4 Å². The summed E-state index contributed by atoms with van der Waals surface area (Å²) in [6.07, 6.45) is 2.07. The fourth-order valence-electron chi connectivity index (χ4n) is 2.43. The van der Waals surface area contributed by atoms with Crippen molar-refractivity contribution in [3.05, 3.63) is 28.8 Å². The van der Waals surface area contributed by atoms with Crippen LogP contribution in [0.2, 0.25) is 5.02 Å². The molecule has 1 aromatic rings. The van der Waals surface area contributed by atoms with E-state index in [1.54, 1.807) is 13.2 Å². The first-order valence-electron chi connectivity index (χ1n) is 5.65. The molecule has 0 atom stereocenters. The number of ether oxygens (including phenoxy) is 1. The lowest BCUT2D eigenvalue weighted by Gasteiger charge is -2.35. The van der Waals surface area contributed by atoms with Crippen LogP contribution in [0.1, 0.15) is 30.7 Å². The van der Waals surface area contributed by atoms with Gasteiger partial charge in [-0.2, -0.15) is 0 Å². The fourth-order valence-corrected chi connectivity index (χ4v) is 2.61. The summed E-state index contributed by atoms with van der Waals surface area (Å²) in [6.45, 7) is 0. The molecule has 0 unspecified atom stereocenters. The molecule has 1 N–H and O–H groups in total. The standard InChI is InChI=1S/C13H15ClO3/c1-17-12-3-2-10(14)7-11(12)9-4-8(5-9)6-13(15)16/h2-3,7-9H,4-6H2,1H3,(H,15,16). The molecule has 1 aliphatic rings. The molecule has 3 nitrogen and oxygen atoms in total. The molecule has 1 aromatic carbocycles. The van der Waals surface area contributed by atoms with Crippen LogP contribution in [-0.4, -0.2) is 18.2 Å². The van der Waals surface area contributed by atoms with Gasteiger partial charge in [0.25, 0.3) is 0 Å². The zero-order chi connectivity index (χ0) is 12.4. The van der Waals surface area contributed by atoms with Gasteiger partial charge in [0.05, 0.1) is 7.11 Å². The van der Waals surface area contributed by atoms with Crippen LogP contribution in [0.3, 0.4) is 0 Å². The number of carbonyl (C=O) groups is 1. The maximum absolute atomic E-state index is 10.6. The number of halogens is 1. The molecule has 0 heterocycles. The Morgan fingerprint density at radius 2 is 2.24 bits per heavy atom. The summed E-state index contributed by atoms with van der Waals surface area (Å²) >= 11 is 5.97. The molecular weight excluding hydrogens is 240 g/mol. The highest BCUT2D eigenvalue weighted by Gasteiger charge is 2.33. The van der Waals surface area contributed by atoms with E-state index in [0.717, 1.165) is 24.2 Å². The molecular formula is C13H15ClO3. The topological polar surface area (TPSA) is 46.5 Å². The van der Waals surface area contributed by atoms with Crippen molar-refractivity contribution >= 4 is 17.6 Å². The van der Waals surface area contributed by atoms with Crippen molar-refractivity contribution in [3.63, 3.8) is 0 Å². The molecule has 0 spiro atoms. The fraction of sp³-hybridized carbons (Fsp3) is 0.462. The lowest BCUT2D eigenvalue weighted by molar-refractivity contribution is -0.138. The third kappa shape index (κ3) is 2.72. The lowest BCUT2D eigenvalue weighted by Crippen LogP contribution is -2.24. The van der Waals surface area contributed by atoms with E-state index in [-0.39, 0.29) is 6.42 Å². The maximum atomic E-state index is 10.6. The first-order chi connectivity index (χ1) is 8.10. The molecule has 0 saturated heterocycles. The Labute approximate surface area is 105 Å². The average Bonchev–Trinajstić information content (AvgIpc) is 2.22. The van der Waals surface area contributed by atoms with Crippen molar-refractivity contribution in [2.75, 3.05) is 7.11 Å². The van der Waals surface area contributed by atoms with Gasteiger partial charge in [0.2, 0.25) is 0 Å². The predicted octanol–water partition coefficient (Wildman–Crippen LogP) is 3.32. The Bertz CT molecular complexity index is 425. The second kappa shape index (κ2) is 4.96. The number of rotatable bonds is 4. The summed E-state index contributed by atoms with van der Waals surface area (Å²) in [7, 11) is 1.64. The van der Waals surface area contributed by atoms with Gasteiger partial charge >= 0.3 is 5.97 Å². The van der Waals surface area contributed by atoms with Gasteiger partial charge in [0.1, 0.15) is 5.75 Å². The van der Waals surface area contributed by atoms with Crippen molar-refractivity contribution < 1.29 is 14.6 Å². The minimum atomic E-state index is -0.716. The Kier molecular flexibility index (Phi) is 3.57. The van der Waals surface area contributed by atoms with Crippen molar-refractivity contribution in [1.29, 1.82) is 0 Å². The third-order valence-electron chi connectivity index (χ3n) is 3.33. The van der Waals surface area contributed by atoms with Crippen LogP contribution in [0.4, 0.5) is 0 Å². The molecule has 0 aliphatic heterocycles. The number of hydrogen-bond acceptors (Lipinski definition) is 2. The zero-order valence-corrected chi connectivity index (χ0v) is 10.4. The normalized spacial score (nSPS) is 22.9. The second-order valence-corrected chi connectivity index (χ2v) is 4.95. The highest BCUT2D eigenvalue weighted by molar-refractivity contribution is 6.30. The van der Waals surface area contributed by atoms with E-state index in [1.165, 1.54) is 0 Å². The van der Waals surface area contributed by atoms with Crippen molar-refractivity contribution in [2.45, 2.75) is 25.2 Å². The summed E-state index contributed by atoms with van der Waals surface area (Å²) in [4.78, 5) is 10.6. The Balaban J connectivity index is 2.05. The summed E-state index contributed by atoms with van der Waals surface area (Å²) in [6, 6.07) is 5.58. The molecule has 1 fully saturated rings. The lowest BCUT2D eigenvalue weighted by atomic mass is 9.70. The van der Waals surface area contributed by atoms with Crippen LogP contribution in [-0.2, 0) is 4.79 Å². The number of carboxylic acids is 1. The van der Waals surface area contributed by atoms with E-state index < -0.39 is 5.97 Å². The van der Waals surface area contributed by atoms with Crippen molar-refractivity contribution in [3.8, 4) is 5.75 Å². The Morgan fingerprint density at radius 3 is 2.82 bits per heavy atom. The summed E-state index contributed by atoms with van der Waals surface area (Å²) in [5, 5.41) is 9.40. The van der Waals surface area contributed by atoms with Crippen molar-refractivity contribution in [2.24, 2.45) is 5.92 Å². The Morgan fingerprint density at radius 1 is 1.53 bits per heavy atom. The molecule has 1 aliphatic carbocycles. The summed E-state index contributed by atoms with van der Waals surface area (Å²) in [5.41, 5.74) is 1.10. The quantitative estimate of drug-likeness (QED) is 0.897. The molecule has 2 rings (SSSR count). The number of aliphatic carboxylic acids is 1. The van der Waals surface area contributed by atoms with E-state index >= 15 is 0 Å². The molecule has 0 amide bonds. The molecule has 0 bridgehead atoms. The molecule has 4 heteroatoms. The Hall–Kier alpha value is -1.22. The minimum Gasteiger partial charge on any atom is -0.496 e. The molecule has 17 heavy (non-hydrogen) atoms. The first kappa shape index (κ1) is 12.2. The average molecular weight is 255 g/mol. The number of benzene rings is 1. The number of methoxy groups -OCH3 is 1. The molecule has 0 aromatic heterocycles. The van der Waals surface area contributed by atoms with Crippen LogP contribution in [0.5, 0.6) is 5.75 Å². The van der Waals surface area contributed by atoms with E-state index in [2.05, 4.69) is 0 Å². The van der Waals surface area contributed by atoms with Crippen LogP contribution in [0.25, 0.3) is 0 Å². The molecule has 1 saturated carbocycles. The van der Waals surface area contributed by atoms with Crippen LogP contribution in [0, 0.1) is 5.92 Å². The van der Waals surface area contributed by atoms with Crippen molar-refractivity contribution in [1.82, 2.24) is 0 Å². The van der Waals surface area contributed by atoms with E-state index in [4.69, 9.17) is 21.4 Å². The van der Waals surface area contributed by atoms with Gasteiger partial charge in [-0.3, -0.25) is 4.79 Å². The summed E-state index contributed by atoms with van der Waals surface area (Å²) < 4.78 is 5.30. The van der Waals surface area contributed by atoms with E-state index in [9.17, 15) is 4.79 Å². The zero-order valence-electron chi connectivity index (χ0n) is 9.65. The van der Waals surface area contributed by atoms with E-state index in [0.29, 0.717) is 16.9 Å². The smallest absolute Gasteiger partial charge is 0.303 e. The van der Waals surface area contributed by atoms with Crippen LogP contribution in [0.15, 0.2) is 18.2 Å². The molecule has 92 valence electrons. The van der Waals surface area contributed by atoms with Gasteiger partial charge in [-0.05, 0) is 48.4 Å². The highest BCUT2D eigenvalue weighted by atomic mass is 35.5. The van der Waals surface area contributed by atoms with Gasteiger partial charge in [0.15, 0.2) is 0 Å². The third-order valence-corrected chi connectivity index (χ3v) is 3.57. The van der Waals surface area contributed by atoms with Crippen LogP contribution >= 0.6 is 11.6 Å². The predicted molar refractivity (Wildman–Crippen MR) is 65.7 cm³/mol. The van der Waals surface area contributed by atoms with Gasteiger partial charge < -0.3 is 9.84 Å². The monoisotopic (exact) mass is 254 g/mol. The first-order valence-corrected chi connectivity index (χ1v) is 6.03. The maximum Gasteiger partial charge on any atom is 0.303 e. The second-order valence-electron chi connectivity index (χ2n) is 4.52. The van der Waals surface area contributed by atoms with Gasteiger partial charge in [-0.25, -0.2) is 0 Å². The van der Waals surface area contributed by atoms with Gasteiger partial charge in [-0.15, -0.1) is 0 Å². The molecule has 0 radical (unpaired) electrons. The largest absolute Gasteiger partial charge is 0.496 e. The number of hydrogen-bond donors (Lipinski definition) is 1. The minimum absolute atomic E-state index is 0.263. The summed E-state index contributed by atoms with van der Waals surface area (Å²) in [5.74, 6) is 0.800. The van der Waals surface area contributed by atoms with Crippen LogP contribution < -0.4 is 4.74 Å². The van der Waals surface area contributed by atoms with Gasteiger partial charge in [-0.1, -0.05) is 11.6 Å². The SMILES string of the molecule is COc1ccc(Cl)cc1C1CC(CC(=O)O)C1.